The number of hydrogen-bond acceptors (Lipinski definition) is 0. The lowest BCUT2D eigenvalue weighted by Gasteiger charge is -2.11. The third-order valence-corrected chi connectivity index (χ3v) is 3.82. The first-order chi connectivity index (χ1) is 5.46. The van der Waals surface area contributed by atoms with Gasteiger partial charge in [0.25, 0.3) is 0 Å². The van der Waals surface area contributed by atoms with Crippen molar-refractivity contribution in [2.45, 2.75) is 27.7 Å². The van der Waals surface area contributed by atoms with Gasteiger partial charge in [-0.05, 0) is 72.5 Å². The molecule has 0 bridgehead atoms. The molecule has 0 spiro atoms. The first-order valence-electron chi connectivity index (χ1n) is 3.88. The van der Waals surface area contributed by atoms with Gasteiger partial charge in [-0.2, -0.15) is 0 Å². The lowest BCUT2D eigenvalue weighted by molar-refractivity contribution is 0.607. The Labute approximate surface area is 86.3 Å². The maximum absolute atomic E-state index is 13.4. The van der Waals surface area contributed by atoms with Gasteiger partial charge >= 0.3 is 0 Å². The van der Waals surface area contributed by atoms with Crippen molar-refractivity contribution in [3.63, 3.8) is 0 Å². The molecule has 0 saturated heterocycles. The molecule has 0 aliphatic carbocycles. The fourth-order valence-electron chi connectivity index (χ4n) is 1.22. The van der Waals surface area contributed by atoms with Crippen LogP contribution in [0.3, 0.4) is 0 Å². The van der Waals surface area contributed by atoms with Crippen molar-refractivity contribution >= 4 is 22.6 Å². The molecule has 0 fully saturated rings. The summed E-state index contributed by atoms with van der Waals surface area (Å²) < 4.78 is 14.2. The Morgan fingerprint density at radius 1 is 0.833 bits per heavy atom. The first kappa shape index (κ1) is 9.96. The van der Waals surface area contributed by atoms with Crippen LogP contribution < -0.4 is 0 Å². The van der Waals surface area contributed by atoms with E-state index >= 15 is 0 Å². The van der Waals surface area contributed by atoms with Crippen molar-refractivity contribution < 1.29 is 4.39 Å². The predicted molar refractivity (Wildman–Crippen MR) is 58.1 cm³/mol. The molecule has 0 saturated carbocycles. The lowest BCUT2D eigenvalue weighted by atomic mass is 9.99. The molecule has 0 N–H and O–H groups in total. The van der Waals surface area contributed by atoms with Crippen molar-refractivity contribution in [1.82, 2.24) is 0 Å². The van der Waals surface area contributed by atoms with Crippen molar-refractivity contribution in [3.05, 3.63) is 31.6 Å². The van der Waals surface area contributed by atoms with E-state index in [1.165, 1.54) is 5.56 Å². The molecule has 12 heavy (non-hydrogen) atoms. The SMILES string of the molecule is Cc1c(C)c(C)c(I)c(F)c1C. The van der Waals surface area contributed by atoms with Crippen LogP contribution in [-0.2, 0) is 0 Å². The number of hydrogen-bond donors (Lipinski definition) is 0. The number of halogens is 2. The summed E-state index contributed by atoms with van der Waals surface area (Å²) >= 11 is 2.06. The van der Waals surface area contributed by atoms with Crippen LogP contribution in [0.2, 0.25) is 0 Å². The molecule has 0 nitrogen and oxygen atoms in total. The Hall–Kier alpha value is -0.120. The predicted octanol–water partition coefficient (Wildman–Crippen LogP) is 3.66. The maximum atomic E-state index is 13.4. The van der Waals surface area contributed by atoms with Gasteiger partial charge in [0.1, 0.15) is 5.82 Å². The Morgan fingerprint density at radius 3 is 1.75 bits per heavy atom. The van der Waals surface area contributed by atoms with Gasteiger partial charge in [-0.25, -0.2) is 4.39 Å². The van der Waals surface area contributed by atoms with E-state index in [1.54, 1.807) is 0 Å². The van der Waals surface area contributed by atoms with E-state index in [0.717, 1.165) is 20.3 Å². The Morgan fingerprint density at radius 2 is 1.25 bits per heavy atom. The third kappa shape index (κ3) is 1.37. The minimum Gasteiger partial charge on any atom is -0.206 e. The highest BCUT2D eigenvalue weighted by atomic mass is 127. The third-order valence-electron chi connectivity index (χ3n) is 2.54. The zero-order chi connectivity index (χ0) is 9.46. The standard InChI is InChI=1S/C10H12FI/c1-5-6(2)8(4)10(12)9(11)7(5)3/h1-4H3. The van der Waals surface area contributed by atoms with E-state index in [1.807, 2.05) is 27.7 Å². The van der Waals surface area contributed by atoms with Crippen LogP contribution in [0.5, 0.6) is 0 Å². The fourth-order valence-corrected chi connectivity index (χ4v) is 2.03. The zero-order valence-electron chi connectivity index (χ0n) is 7.76. The van der Waals surface area contributed by atoms with Crippen LogP contribution in [0.1, 0.15) is 22.3 Å². The van der Waals surface area contributed by atoms with Crippen molar-refractivity contribution in [1.29, 1.82) is 0 Å². The summed E-state index contributed by atoms with van der Waals surface area (Å²) in [5.74, 6) is -0.0591. The molecule has 1 aromatic rings. The second-order valence-corrected chi connectivity index (χ2v) is 4.21. The largest absolute Gasteiger partial charge is 0.206 e. The Kier molecular flexibility index (Phi) is 2.76. The maximum Gasteiger partial charge on any atom is 0.139 e. The summed E-state index contributed by atoms with van der Waals surface area (Å²) in [6.45, 7) is 7.81. The van der Waals surface area contributed by atoms with Crippen molar-refractivity contribution in [2.75, 3.05) is 0 Å². The second-order valence-electron chi connectivity index (χ2n) is 3.13. The van der Waals surface area contributed by atoms with Crippen LogP contribution >= 0.6 is 22.6 Å². The highest BCUT2D eigenvalue weighted by Crippen LogP contribution is 2.25. The van der Waals surface area contributed by atoms with Gasteiger partial charge in [0, 0.05) is 0 Å². The molecule has 0 amide bonds. The number of benzene rings is 1. The van der Waals surface area contributed by atoms with Gasteiger partial charge in [-0.15, -0.1) is 0 Å². The fraction of sp³-hybridized carbons (Fsp3) is 0.400. The van der Waals surface area contributed by atoms with Crippen LogP contribution in [0.15, 0.2) is 0 Å². The molecule has 0 aliphatic heterocycles. The average molecular weight is 278 g/mol. The van der Waals surface area contributed by atoms with E-state index in [2.05, 4.69) is 22.6 Å². The summed E-state index contributed by atoms with van der Waals surface area (Å²) in [5, 5.41) is 0. The highest BCUT2D eigenvalue weighted by Gasteiger charge is 2.11. The Balaban J connectivity index is 3.60. The van der Waals surface area contributed by atoms with Crippen LogP contribution in [0.4, 0.5) is 4.39 Å². The summed E-state index contributed by atoms with van der Waals surface area (Å²) in [7, 11) is 0. The van der Waals surface area contributed by atoms with Crippen LogP contribution in [-0.4, -0.2) is 0 Å². The minimum absolute atomic E-state index is 0.0591. The van der Waals surface area contributed by atoms with Gasteiger partial charge < -0.3 is 0 Å². The monoisotopic (exact) mass is 278 g/mol. The smallest absolute Gasteiger partial charge is 0.139 e. The minimum atomic E-state index is -0.0591. The quantitative estimate of drug-likeness (QED) is 0.635. The van der Waals surface area contributed by atoms with Gasteiger partial charge in [-0.1, -0.05) is 0 Å². The number of rotatable bonds is 0. The molecule has 66 valence electrons. The van der Waals surface area contributed by atoms with Gasteiger partial charge in [0.15, 0.2) is 0 Å². The average Bonchev–Trinajstić information content (AvgIpc) is 2.08. The van der Waals surface area contributed by atoms with E-state index in [-0.39, 0.29) is 5.82 Å². The molecule has 0 aromatic heterocycles. The van der Waals surface area contributed by atoms with Gasteiger partial charge in [-0.3, -0.25) is 0 Å². The molecule has 1 rings (SSSR count). The molecule has 1 aromatic carbocycles. The Bertz CT molecular complexity index is 224. The second kappa shape index (κ2) is 3.32. The molecule has 0 unspecified atom stereocenters. The summed E-state index contributed by atoms with van der Waals surface area (Å²) in [6, 6.07) is 0. The van der Waals surface area contributed by atoms with E-state index < -0.39 is 0 Å². The van der Waals surface area contributed by atoms with Crippen LogP contribution in [0.25, 0.3) is 0 Å². The molecule has 0 heterocycles. The summed E-state index contributed by atoms with van der Waals surface area (Å²) in [4.78, 5) is 0. The zero-order valence-corrected chi connectivity index (χ0v) is 9.91. The highest BCUT2D eigenvalue weighted by molar-refractivity contribution is 14.1. The topological polar surface area (TPSA) is 0 Å². The summed E-state index contributed by atoms with van der Waals surface area (Å²) in [6.07, 6.45) is 0. The molecule has 0 aliphatic rings. The van der Waals surface area contributed by atoms with E-state index in [9.17, 15) is 4.39 Å². The molecular weight excluding hydrogens is 266 g/mol. The van der Waals surface area contributed by atoms with Gasteiger partial charge in [0.05, 0.1) is 3.57 Å². The molecule has 0 atom stereocenters. The first-order valence-corrected chi connectivity index (χ1v) is 4.96. The molecule has 2 heteroatoms. The lowest BCUT2D eigenvalue weighted by Crippen LogP contribution is -1.99. The van der Waals surface area contributed by atoms with Crippen molar-refractivity contribution in [3.8, 4) is 0 Å². The van der Waals surface area contributed by atoms with Crippen molar-refractivity contribution in [2.24, 2.45) is 0 Å². The molecule has 0 radical (unpaired) electrons. The summed E-state index contributed by atoms with van der Waals surface area (Å²) in [5.41, 5.74) is 4.13. The van der Waals surface area contributed by atoms with E-state index in [0.29, 0.717) is 0 Å². The van der Waals surface area contributed by atoms with E-state index in [4.69, 9.17) is 0 Å². The molecular formula is C10H12FI. The normalized spacial score (nSPS) is 10.5. The van der Waals surface area contributed by atoms with Gasteiger partial charge in [0.2, 0.25) is 0 Å². The van der Waals surface area contributed by atoms with Crippen LogP contribution in [0, 0.1) is 37.1 Å².